The van der Waals surface area contributed by atoms with Crippen molar-refractivity contribution in [3.05, 3.63) is 132 Å². The minimum Gasteiger partial charge on any atom is -0.493 e. The van der Waals surface area contributed by atoms with Gasteiger partial charge in [-0.15, -0.1) is 0 Å². The molecule has 0 aromatic heterocycles. The minimum atomic E-state index is -0.0866. The normalized spacial score (nSPS) is 14.3. The molecule has 4 aromatic rings. The number of nitrogens with one attached hydrogen (secondary N) is 1. The van der Waals surface area contributed by atoms with Crippen molar-refractivity contribution in [1.82, 2.24) is 9.80 Å². The van der Waals surface area contributed by atoms with E-state index in [2.05, 4.69) is 70.9 Å². The Bertz CT molecular complexity index is 1380. The largest absolute Gasteiger partial charge is 0.493 e. The molecule has 0 aliphatic carbocycles. The van der Waals surface area contributed by atoms with E-state index in [0.717, 1.165) is 30.9 Å². The van der Waals surface area contributed by atoms with E-state index in [9.17, 15) is 9.59 Å². The molecule has 6 heteroatoms. The Balaban J connectivity index is 1.05. The van der Waals surface area contributed by atoms with Crippen LogP contribution >= 0.6 is 0 Å². The summed E-state index contributed by atoms with van der Waals surface area (Å²) in [7, 11) is 0. The van der Waals surface area contributed by atoms with Crippen molar-refractivity contribution in [2.45, 2.75) is 32.2 Å². The van der Waals surface area contributed by atoms with E-state index in [4.69, 9.17) is 4.74 Å². The molecule has 1 aliphatic rings. The van der Waals surface area contributed by atoms with Crippen molar-refractivity contribution in [1.29, 1.82) is 0 Å². The molecule has 1 fully saturated rings. The molecule has 1 unspecified atom stereocenters. The smallest absolute Gasteiger partial charge is 0.224 e. The van der Waals surface area contributed by atoms with Crippen molar-refractivity contribution >= 4 is 17.5 Å². The molecule has 6 nitrogen and oxygen atoms in total. The standard InChI is InChI=1S/C37H41N3O3/c1-29(27-35(41)38-33-17-19-34(20-18-33)43-26-21-30-11-5-2-6-12-30)28-36(42)39-22-24-40(25-23-39)37(31-13-7-3-8-14-31)32-15-9-4-10-16-32/h2-20,29,37H,21-28H2,1H3,(H,38,41). The van der Waals surface area contributed by atoms with Gasteiger partial charge in [0.1, 0.15) is 5.75 Å². The number of ether oxygens (including phenoxy) is 1. The number of hydrogen-bond donors (Lipinski definition) is 1. The number of carbonyl (C=O) groups is 2. The number of carbonyl (C=O) groups excluding carboxylic acids is 2. The average molecular weight is 576 g/mol. The first-order valence-corrected chi connectivity index (χ1v) is 15.2. The number of rotatable bonds is 12. The van der Waals surface area contributed by atoms with Crippen LogP contribution in [0.3, 0.4) is 0 Å². The first-order chi connectivity index (χ1) is 21.0. The van der Waals surface area contributed by atoms with E-state index >= 15 is 0 Å². The summed E-state index contributed by atoms with van der Waals surface area (Å²) in [5.41, 5.74) is 4.49. The zero-order valence-corrected chi connectivity index (χ0v) is 24.9. The van der Waals surface area contributed by atoms with Crippen LogP contribution in [0.15, 0.2) is 115 Å². The van der Waals surface area contributed by atoms with Gasteiger partial charge in [-0.05, 0) is 46.9 Å². The molecule has 5 rings (SSSR count). The molecular formula is C37H41N3O3. The predicted molar refractivity (Wildman–Crippen MR) is 172 cm³/mol. The van der Waals surface area contributed by atoms with Gasteiger partial charge in [-0.2, -0.15) is 0 Å². The van der Waals surface area contributed by atoms with Crippen LogP contribution in [-0.2, 0) is 16.0 Å². The predicted octanol–water partition coefficient (Wildman–Crippen LogP) is 6.60. The SMILES string of the molecule is CC(CC(=O)Nc1ccc(OCCc2ccccc2)cc1)CC(=O)N1CCN(C(c2ccccc2)c2ccccc2)CC1. The number of amides is 2. The maximum Gasteiger partial charge on any atom is 0.224 e. The third kappa shape index (κ3) is 8.79. The fraction of sp³-hybridized carbons (Fsp3) is 0.297. The quantitative estimate of drug-likeness (QED) is 0.207. The van der Waals surface area contributed by atoms with Gasteiger partial charge in [0.25, 0.3) is 0 Å². The summed E-state index contributed by atoms with van der Waals surface area (Å²) in [4.78, 5) is 30.3. The molecule has 1 saturated heterocycles. The highest BCUT2D eigenvalue weighted by atomic mass is 16.5. The first-order valence-electron chi connectivity index (χ1n) is 15.2. The van der Waals surface area contributed by atoms with Crippen LogP contribution in [0, 0.1) is 5.92 Å². The summed E-state index contributed by atoms with van der Waals surface area (Å²) in [6.07, 6.45) is 1.50. The Morgan fingerprint density at radius 3 is 1.86 bits per heavy atom. The Morgan fingerprint density at radius 2 is 1.28 bits per heavy atom. The van der Waals surface area contributed by atoms with E-state index in [1.54, 1.807) is 0 Å². The molecule has 2 amide bonds. The first kappa shape index (κ1) is 30.1. The number of piperazine rings is 1. The number of anilines is 1. The van der Waals surface area contributed by atoms with Crippen LogP contribution in [0.2, 0.25) is 0 Å². The molecule has 222 valence electrons. The zero-order chi connectivity index (χ0) is 29.9. The molecule has 1 N–H and O–H groups in total. The summed E-state index contributed by atoms with van der Waals surface area (Å²) < 4.78 is 5.84. The van der Waals surface area contributed by atoms with Gasteiger partial charge in [-0.25, -0.2) is 0 Å². The molecule has 0 saturated carbocycles. The lowest BCUT2D eigenvalue weighted by Crippen LogP contribution is -2.50. The van der Waals surface area contributed by atoms with Gasteiger partial charge < -0.3 is 15.0 Å². The summed E-state index contributed by atoms with van der Waals surface area (Å²) in [6, 6.07) is 39.0. The van der Waals surface area contributed by atoms with Gasteiger partial charge in [-0.1, -0.05) is 97.9 Å². The van der Waals surface area contributed by atoms with E-state index in [-0.39, 0.29) is 23.8 Å². The Morgan fingerprint density at radius 1 is 0.721 bits per heavy atom. The minimum absolute atomic E-state index is 0.0486. The summed E-state index contributed by atoms with van der Waals surface area (Å²) in [5, 5.41) is 2.96. The van der Waals surface area contributed by atoms with Gasteiger partial charge in [0.05, 0.1) is 12.6 Å². The lowest BCUT2D eigenvalue weighted by atomic mass is 9.96. The van der Waals surface area contributed by atoms with E-state index in [1.165, 1.54) is 16.7 Å². The van der Waals surface area contributed by atoms with E-state index in [1.807, 2.05) is 66.4 Å². The second-order valence-electron chi connectivity index (χ2n) is 11.3. The molecule has 0 bridgehead atoms. The molecule has 0 spiro atoms. The van der Waals surface area contributed by atoms with Crippen LogP contribution in [0.5, 0.6) is 5.75 Å². The number of benzene rings is 4. The highest BCUT2D eigenvalue weighted by Crippen LogP contribution is 2.29. The van der Waals surface area contributed by atoms with Gasteiger partial charge in [-0.3, -0.25) is 14.5 Å². The van der Waals surface area contributed by atoms with Gasteiger partial charge in [0.15, 0.2) is 0 Å². The van der Waals surface area contributed by atoms with Crippen LogP contribution in [0.1, 0.15) is 42.5 Å². The number of hydrogen-bond acceptors (Lipinski definition) is 4. The van der Waals surface area contributed by atoms with Crippen LogP contribution in [-0.4, -0.2) is 54.4 Å². The zero-order valence-electron chi connectivity index (χ0n) is 24.9. The molecule has 1 aliphatic heterocycles. The van der Waals surface area contributed by atoms with Crippen molar-refractivity contribution in [3.8, 4) is 5.75 Å². The fourth-order valence-corrected chi connectivity index (χ4v) is 5.71. The van der Waals surface area contributed by atoms with Gasteiger partial charge in [0, 0.05) is 51.1 Å². The van der Waals surface area contributed by atoms with E-state index < -0.39 is 0 Å². The van der Waals surface area contributed by atoms with Gasteiger partial charge in [0.2, 0.25) is 11.8 Å². The second-order valence-corrected chi connectivity index (χ2v) is 11.3. The van der Waals surface area contributed by atoms with Crippen molar-refractivity contribution < 1.29 is 14.3 Å². The summed E-state index contributed by atoms with van der Waals surface area (Å²) >= 11 is 0. The molecular weight excluding hydrogens is 534 g/mol. The van der Waals surface area contributed by atoms with Gasteiger partial charge >= 0.3 is 0 Å². The molecule has 1 heterocycles. The van der Waals surface area contributed by atoms with Crippen LogP contribution < -0.4 is 10.1 Å². The Kier molecular flexibility index (Phi) is 10.6. The van der Waals surface area contributed by atoms with Crippen molar-refractivity contribution in [2.24, 2.45) is 5.92 Å². The Labute approximate surface area is 255 Å². The highest BCUT2D eigenvalue weighted by molar-refractivity contribution is 5.91. The molecule has 4 aromatic carbocycles. The topological polar surface area (TPSA) is 61.9 Å². The summed E-state index contributed by atoms with van der Waals surface area (Å²) in [5.74, 6) is 0.753. The highest BCUT2D eigenvalue weighted by Gasteiger charge is 2.28. The van der Waals surface area contributed by atoms with Crippen molar-refractivity contribution in [2.75, 3.05) is 38.1 Å². The maximum atomic E-state index is 13.1. The lowest BCUT2D eigenvalue weighted by molar-refractivity contribution is -0.134. The third-order valence-electron chi connectivity index (χ3n) is 7.96. The molecule has 43 heavy (non-hydrogen) atoms. The second kappa shape index (κ2) is 15.2. The van der Waals surface area contributed by atoms with E-state index in [0.29, 0.717) is 32.5 Å². The van der Waals surface area contributed by atoms with Crippen LogP contribution in [0.25, 0.3) is 0 Å². The molecule has 0 radical (unpaired) electrons. The Hall–Kier alpha value is -4.42. The lowest BCUT2D eigenvalue weighted by Gasteiger charge is -2.40. The maximum absolute atomic E-state index is 13.1. The fourth-order valence-electron chi connectivity index (χ4n) is 5.71. The third-order valence-corrected chi connectivity index (χ3v) is 7.96. The van der Waals surface area contributed by atoms with Crippen LogP contribution in [0.4, 0.5) is 5.69 Å². The summed E-state index contributed by atoms with van der Waals surface area (Å²) in [6.45, 7) is 5.55. The average Bonchev–Trinajstić information content (AvgIpc) is 3.04. The monoisotopic (exact) mass is 575 g/mol. The van der Waals surface area contributed by atoms with Crippen molar-refractivity contribution in [3.63, 3.8) is 0 Å². The number of nitrogens with zero attached hydrogens (tertiary/aromatic N) is 2. The molecule has 1 atom stereocenters.